The third-order valence-corrected chi connectivity index (χ3v) is 6.31. The van der Waals surface area contributed by atoms with Crippen molar-refractivity contribution in [2.75, 3.05) is 0 Å². The number of benzene rings is 1. The minimum Gasteiger partial charge on any atom is -0.466 e. The van der Waals surface area contributed by atoms with Crippen LogP contribution in [0.15, 0.2) is 50.6 Å². The number of rotatable bonds is 1. The molecule has 3 heterocycles. The van der Waals surface area contributed by atoms with Gasteiger partial charge in [0.15, 0.2) is 5.72 Å². The van der Waals surface area contributed by atoms with Crippen LogP contribution in [0.1, 0.15) is 56.4 Å². The van der Waals surface area contributed by atoms with E-state index in [1.807, 2.05) is 12.1 Å². The van der Waals surface area contributed by atoms with Crippen LogP contribution in [0.3, 0.4) is 0 Å². The van der Waals surface area contributed by atoms with Gasteiger partial charge in [0, 0.05) is 29.3 Å². The Morgan fingerprint density at radius 1 is 1.24 bits per heavy atom. The first-order valence-corrected chi connectivity index (χ1v) is 9.83. The molecule has 25 heavy (non-hydrogen) atoms. The van der Waals surface area contributed by atoms with Crippen molar-refractivity contribution in [2.45, 2.75) is 50.8 Å². The van der Waals surface area contributed by atoms with Gasteiger partial charge in [0.2, 0.25) is 0 Å². The molecule has 0 unspecified atom stereocenters. The van der Waals surface area contributed by atoms with Crippen LogP contribution in [0.5, 0.6) is 5.75 Å². The molecule has 5 rings (SSSR count). The summed E-state index contributed by atoms with van der Waals surface area (Å²) >= 11 is 3.61. The largest absolute Gasteiger partial charge is 0.466 e. The van der Waals surface area contributed by atoms with E-state index in [1.165, 1.54) is 18.4 Å². The quantitative estimate of drug-likeness (QED) is 0.634. The molecule has 3 aliphatic rings. The van der Waals surface area contributed by atoms with Gasteiger partial charge < -0.3 is 9.15 Å². The van der Waals surface area contributed by atoms with Gasteiger partial charge in [0.1, 0.15) is 17.2 Å². The molecule has 2 aromatic rings. The van der Waals surface area contributed by atoms with Crippen molar-refractivity contribution in [3.8, 4) is 5.75 Å². The number of nitrogens with zero attached hydrogens (tertiary/aromatic N) is 2. The number of hydrazone groups is 1. The van der Waals surface area contributed by atoms with Crippen molar-refractivity contribution in [2.24, 2.45) is 11.0 Å². The highest BCUT2D eigenvalue weighted by Gasteiger charge is 2.51. The Morgan fingerprint density at radius 3 is 2.84 bits per heavy atom. The summed E-state index contributed by atoms with van der Waals surface area (Å²) in [4.78, 5) is 0. The molecule has 1 atom stereocenters. The molecule has 0 amide bonds. The van der Waals surface area contributed by atoms with Gasteiger partial charge in [0.25, 0.3) is 0 Å². The Kier molecular flexibility index (Phi) is 3.49. The minimum absolute atomic E-state index is 0.217. The van der Waals surface area contributed by atoms with Crippen molar-refractivity contribution < 1.29 is 9.15 Å². The summed E-state index contributed by atoms with van der Waals surface area (Å²) in [6.45, 7) is 2.33. The zero-order valence-corrected chi connectivity index (χ0v) is 15.8. The topological polar surface area (TPSA) is 38.0 Å². The van der Waals surface area contributed by atoms with Gasteiger partial charge in [-0.2, -0.15) is 5.10 Å². The first-order chi connectivity index (χ1) is 12.1. The van der Waals surface area contributed by atoms with E-state index >= 15 is 0 Å². The third kappa shape index (κ3) is 2.43. The van der Waals surface area contributed by atoms with Gasteiger partial charge in [-0.3, -0.25) is 0 Å². The van der Waals surface area contributed by atoms with E-state index in [0.29, 0.717) is 0 Å². The normalized spacial score (nSPS) is 30.6. The van der Waals surface area contributed by atoms with Crippen LogP contribution in [0, 0.1) is 5.92 Å². The molecule has 4 nitrogen and oxygen atoms in total. The van der Waals surface area contributed by atoms with E-state index in [0.717, 1.165) is 46.9 Å². The molecule has 0 N–H and O–H groups in total. The Bertz CT molecular complexity index is 822. The Labute approximate surface area is 156 Å². The molecule has 1 aromatic carbocycles. The predicted molar refractivity (Wildman–Crippen MR) is 99.6 cm³/mol. The van der Waals surface area contributed by atoms with Gasteiger partial charge in [-0.15, -0.1) is 0 Å². The van der Waals surface area contributed by atoms with Crippen LogP contribution in [0.2, 0.25) is 0 Å². The lowest BCUT2D eigenvalue weighted by molar-refractivity contribution is -0.145. The molecule has 5 heteroatoms. The van der Waals surface area contributed by atoms with E-state index in [9.17, 15) is 0 Å². The first-order valence-electron chi connectivity index (χ1n) is 9.04. The van der Waals surface area contributed by atoms with E-state index in [-0.39, 0.29) is 11.8 Å². The molecule has 0 saturated heterocycles. The van der Waals surface area contributed by atoms with E-state index < -0.39 is 0 Å². The average molecular weight is 401 g/mol. The second-order valence-electron chi connectivity index (χ2n) is 7.50. The summed E-state index contributed by atoms with van der Waals surface area (Å²) in [5, 5.41) is 7.24. The fourth-order valence-corrected chi connectivity index (χ4v) is 4.77. The predicted octanol–water partition coefficient (Wildman–Crippen LogP) is 5.49. The molecule has 2 aliphatic heterocycles. The fourth-order valence-electron chi connectivity index (χ4n) is 4.39. The lowest BCUT2D eigenvalue weighted by Crippen LogP contribution is -2.55. The zero-order chi connectivity index (χ0) is 17.0. The number of fused-ring (bicyclic) bond motifs is 4. The molecule has 1 fully saturated rings. The van der Waals surface area contributed by atoms with Crippen molar-refractivity contribution in [3.63, 3.8) is 0 Å². The maximum absolute atomic E-state index is 6.61. The van der Waals surface area contributed by atoms with Gasteiger partial charge in [-0.1, -0.05) is 22.9 Å². The first kappa shape index (κ1) is 15.5. The number of furan rings is 1. The van der Waals surface area contributed by atoms with Crippen LogP contribution in [-0.2, 0) is 0 Å². The highest BCUT2D eigenvalue weighted by atomic mass is 79.9. The molecule has 130 valence electrons. The Balaban J connectivity index is 1.60. The Morgan fingerprint density at radius 2 is 2.08 bits per heavy atom. The molecular formula is C20H21BrN2O2. The molecule has 1 aliphatic carbocycles. The van der Waals surface area contributed by atoms with Crippen molar-refractivity contribution in [1.82, 2.24) is 5.01 Å². The molecule has 1 saturated carbocycles. The van der Waals surface area contributed by atoms with Gasteiger partial charge in [-0.25, -0.2) is 5.01 Å². The second kappa shape index (κ2) is 5.63. The summed E-state index contributed by atoms with van der Waals surface area (Å²) < 4.78 is 13.3. The van der Waals surface area contributed by atoms with Crippen LogP contribution in [0.25, 0.3) is 0 Å². The second-order valence-corrected chi connectivity index (χ2v) is 8.42. The SMILES string of the molecule is CC1CCC2(CC1)Oc1ccc(Br)cc1[C@@H]1CC(c3ccco3)=NN12. The average Bonchev–Trinajstić information content (AvgIpc) is 3.28. The van der Waals surface area contributed by atoms with Gasteiger partial charge in [-0.05, 0) is 49.1 Å². The maximum atomic E-state index is 6.61. The molecule has 0 radical (unpaired) electrons. The summed E-state index contributed by atoms with van der Waals surface area (Å²) in [7, 11) is 0. The maximum Gasteiger partial charge on any atom is 0.198 e. The summed E-state index contributed by atoms with van der Waals surface area (Å²) in [5.74, 6) is 2.63. The van der Waals surface area contributed by atoms with Crippen molar-refractivity contribution in [3.05, 3.63) is 52.4 Å². The minimum atomic E-state index is -0.313. The zero-order valence-electron chi connectivity index (χ0n) is 14.2. The van der Waals surface area contributed by atoms with Crippen LogP contribution < -0.4 is 4.74 Å². The Hall–Kier alpha value is -1.75. The van der Waals surface area contributed by atoms with Gasteiger partial charge in [0.05, 0.1) is 12.3 Å². The lowest BCUT2D eigenvalue weighted by atomic mass is 9.82. The smallest absolute Gasteiger partial charge is 0.198 e. The van der Waals surface area contributed by atoms with Gasteiger partial charge >= 0.3 is 0 Å². The highest BCUT2D eigenvalue weighted by Crippen LogP contribution is 2.52. The van der Waals surface area contributed by atoms with E-state index in [1.54, 1.807) is 6.26 Å². The summed E-state index contributed by atoms with van der Waals surface area (Å²) in [6, 6.07) is 10.5. The monoisotopic (exact) mass is 400 g/mol. The fraction of sp³-hybridized carbons (Fsp3) is 0.450. The van der Waals surface area contributed by atoms with Crippen LogP contribution >= 0.6 is 15.9 Å². The van der Waals surface area contributed by atoms with Crippen LogP contribution in [0.4, 0.5) is 0 Å². The molecule has 1 aromatic heterocycles. The van der Waals surface area contributed by atoms with Crippen LogP contribution in [-0.4, -0.2) is 16.4 Å². The number of halogens is 1. The third-order valence-electron chi connectivity index (χ3n) is 5.82. The number of ether oxygens (including phenoxy) is 1. The van der Waals surface area contributed by atoms with E-state index in [2.05, 4.69) is 46.1 Å². The standard InChI is InChI=1S/C20H21BrN2O2/c1-13-6-8-20(9-7-13)23-17(12-16(22-23)19-3-2-10-24-19)15-11-14(21)4-5-18(15)25-20/h2-5,10-11,13,17H,6-9,12H2,1H3/t13?,17-,20?/m0/s1. The number of hydrogen-bond acceptors (Lipinski definition) is 4. The lowest BCUT2D eigenvalue weighted by Gasteiger charge is -2.50. The molecule has 0 bridgehead atoms. The van der Waals surface area contributed by atoms with Crippen molar-refractivity contribution in [1.29, 1.82) is 0 Å². The number of hydrogen-bond donors (Lipinski definition) is 0. The molecule has 1 spiro atoms. The summed E-state index contributed by atoms with van der Waals surface area (Å²) in [5.41, 5.74) is 1.92. The molecular weight excluding hydrogens is 380 g/mol. The van der Waals surface area contributed by atoms with Crippen molar-refractivity contribution >= 4 is 21.6 Å². The van der Waals surface area contributed by atoms with E-state index in [4.69, 9.17) is 14.3 Å². The highest BCUT2D eigenvalue weighted by molar-refractivity contribution is 9.10. The summed E-state index contributed by atoms with van der Waals surface area (Å²) in [6.07, 6.45) is 6.98.